The van der Waals surface area contributed by atoms with Crippen LogP contribution in [0, 0.1) is 11.3 Å². The third-order valence-electron chi connectivity index (χ3n) is 3.40. The molecule has 0 bridgehead atoms. The lowest BCUT2D eigenvalue weighted by atomic mass is 10.1. The molecule has 0 saturated carbocycles. The monoisotopic (exact) mass is 321 g/mol. The van der Waals surface area contributed by atoms with Crippen molar-refractivity contribution < 1.29 is 14.3 Å². The molecule has 2 heterocycles. The van der Waals surface area contributed by atoms with Crippen molar-refractivity contribution in [2.75, 3.05) is 13.2 Å². The van der Waals surface area contributed by atoms with Crippen molar-refractivity contribution in [3.63, 3.8) is 0 Å². The van der Waals surface area contributed by atoms with E-state index in [1.165, 1.54) is 6.08 Å². The fraction of sp³-hybridized carbons (Fsp3) is 0.167. The highest BCUT2D eigenvalue weighted by Gasteiger charge is 2.13. The van der Waals surface area contributed by atoms with E-state index in [4.69, 9.17) is 9.47 Å². The quantitative estimate of drug-likeness (QED) is 0.688. The van der Waals surface area contributed by atoms with Crippen LogP contribution in [0.2, 0.25) is 0 Å². The van der Waals surface area contributed by atoms with Crippen LogP contribution in [0.1, 0.15) is 11.3 Å². The van der Waals surface area contributed by atoms with Crippen molar-refractivity contribution in [3.05, 3.63) is 59.4 Å². The maximum atomic E-state index is 12.2. The Hall–Kier alpha value is -3.33. The second-order valence-electron chi connectivity index (χ2n) is 5.08. The average Bonchev–Trinajstić information content (AvgIpc) is 2.65. The number of pyridine rings is 1. The standard InChI is InChI=1S/C18H15N3O3/c19-11-14(18(22)21-12-15-3-1-2-6-20-15)9-13-4-5-16-17(10-13)24-8-7-23-16/h1-6,9-10H,7-8,12H2,(H,21,22)/b14-9+. The topological polar surface area (TPSA) is 84.2 Å². The Bertz CT molecular complexity index is 810. The van der Waals surface area contributed by atoms with Gasteiger partial charge in [-0.15, -0.1) is 0 Å². The number of nitrogens with zero attached hydrogens (tertiary/aromatic N) is 2. The minimum atomic E-state index is -0.446. The molecule has 120 valence electrons. The number of aromatic nitrogens is 1. The summed E-state index contributed by atoms with van der Waals surface area (Å²) in [6.07, 6.45) is 3.17. The van der Waals surface area contributed by atoms with Crippen molar-refractivity contribution in [1.82, 2.24) is 10.3 Å². The van der Waals surface area contributed by atoms with Crippen LogP contribution < -0.4 is 14.8 Å². The number of carbonyl (C=O) groups excluding carboxylic acids is 1. The number of amides is 1. The smallest absolute Gasteiger partial charge is 0.262 e. The molecular weight excluding hydrogens is 306 g/mol. The zero-order chi connectivity index (χ0) is 16.8. The summed E-state index contributed by atoms with van der Waals surface area (Å²) in [5.74, 6) is 0.829. The molecule has 6 heteroatoms. The lowest BCUT2D eigenvalue weighted by Crippen LogP contribution is -2.24. The normalized spacial score (nSPS) is 13.0. The van der Waals surface area contributed by atoms with Gasteiger partial charge in [0.2, 0.25) is 0 Å². The first-order valence-electron chi connectivity index (χ1n) is 7.46. The van der Waals surface area contributed by atoms with Gasteiger partial charge in [-0.05, 0) is 35.9 Å². The number of hydrogen-bond donors (Lipinski definition) is 1. The molecule has 0 atom stereocenters. The van der Waals surface area contributed by atoms with E-state index in [0.717, 1.165) is 5.69 Å². The number of nitrogens with one attached hydrogen (secondary N) is 1. The predicted octanol–water partition coefficient (Wildman–Crippen LogP) is 2.08. The molecule has 0 saturated heterocycles. The second kappa shape index (κ2) is 7.29. The van der Waals surface area contributed by atoms with Crippen LogP contribution in [0.25, 0.3) is 6.08 Å². The molecule has 0 fully saturated rings. The molecule has 3 rings (SSSR count). The summed E-state index contributed by atoms with van der Waals surface area (Å²) in [6, 6.07) is 12.7. The van der Waals surface area contributed by atoms with E-state index >= 15 is 0 Å². The molecule has 24 heavy (non-hydrogen) atoms. The summed E-state index contributed by atoms with van der Waals surface area (Å²) in [5.41, 5.74) is 1.44. The molecule has 1 amide bonds. The Morgan fingerprint density at radius 1 is 1.25 bits per heavy atom. The van der Waals surface area contributed by atoms with Crippen LogP contribution >= 0.6 is 0 Å². The number of fused-ring (bicyclic) bond motifs is 1. The van der Waals surface area contributed by atoms with E-state index in [1.54, 1.807) is 36.5 Å². The zero-order valence-electron chi connectivity index (χ0n) is 12.9. The van der Waals surface area contributed by atoms with Gasteiger partial charge in [0.1, 0.15) is 24.9 Å². The Labute approximate surface area is 139 Å². The lowest BCUT2D eigenvalue weighted by Gasteiger charge is -2.18. The molecule has 1 aromatic heterocycles. The lowest BCUT2D eigenvalue weighted by molar-refractivity contribution is -0.117. The summed E-state index contributed by atoms with van der Waals surface area (Å²) in [5, 5.41) is 11.9. The first-order valence-corrected chi connectivity index (χ1v) is 7.46. The van der Waals surface area contributed by atoms with Gasteiger partial charge in [-0.2, -0.15) is 5.26 Å². The number of hydrogen-bond acceptors (Lipinski definition) is 5. The van der Waals surface area contributed by atoms with E-state index in [0.29, 0.717) is 30.3 Å². The zero-order valence-corrected chi connectivity index (χ0v) is 12.9. The van der Waals surface area contributed by atoms with Gasteiger partial charge in [-0.3, -0.25) is 9.78 Å². The van der Waals surface area contributed by atoms with E-state index in [-0.39, 0.29) is 12.1 Å². The molecule has 1 N–H and O–H groups in total. The molecule has 0 aliphatic carbocycles. The minimum Gasteiger partial charge on any atom is -0.486 e. The van der Waals surface area contributed by atoms with Crippen LogP contribution in [0.15, 0.2) is 48.2 Å². The van der Waals surface area contributed by atoms with Gasteiger partial charge in [-0.1, -0.05) is 12.1 Å². The summed E-state index contributed by atoms with van der Waals surface area (Å²) < 4.78 is 10.9. The fourth-order valence-corrected chi connectivity index (χ4v) is 2.23. The van der Waals surface area contributed by atoms with Crippen molar-refractivity contribution in [1.29, 1.82) is 5.26 Å². The highest BCUT2D eigenvalue weighted by atomic mass is 16.6. The second-order valence-corrected chi connectivity index (χ2v) is 5.08. The molecule has 1 aliphatic heterocycles. The molecular formula is C18H15N3O3. The first-order chi connectivity index (χ1) is 11.8. The van der Waals surface area contributed by atoms with Crippen molar-refractivity contribution >= 4 is 12.0 Å². The van der Waals surface area contributed by atoms with Gasteiger partial charge in [0.15, 0.2) is 11.5 Å². The molecule has 1 aromatic carbocycles. The highest BCUT2D eigenvalue weighted by molar-refractivity contribution is 6.01. The fourth-order valence-electron chi connectivity index (χ4n) is 2.23. The number of nitriles is 1. The van der Waals surface area contributed by atoms with Crippen molar-refractivity contribution in [2.24, 2.45) is 0 Å². The summed E-state index contributed by atoms with van der Waals surface area (Å²) in [7, 11) is 0. The Balaban J connectivity index is 1.72. The van der Waals surface area contributed by atoms with Crippen molar-refractivity contribution in [2.45, 2.75) is 6.54 Å². The minimum absolute atomic E-state index is 0.0163. The number of carbonyl (C=O) groups is 1. The molecule has 0 unspecified atom stereocenters. The predicted molar refractivity (Wildman–Crippen MR) is 87.1 cm³/mol. The largest absolute Gasteiger partial charge is 0.486 e. The number of rotatable bonds is 4. The average molecular weight is 321 g/mol. The summed E-state index contributed by atoms with van der Waals surface area (Å²) >= 11 is 0. The van der Waals surface area contributed by atoms with Crippen LogP contribution in [0.3, 0.4) is 0 Å². The van der Waals surface area contributed by atoms with Crippen LogP contribution in [0.5, 0.6) is 11.5 Å². The molecule has 0 radical (unpaired) electrons. The highest BCUT2D eigenvalue weighted by Crippen LogP contribution is 2.31. The third kappa shape index (κ3) is 3.70. The van der Waals surface area contributed by atoms with Gasteiger partial charge in [0.25, 0.3) is 5.91 Å². The molecule has 1 aliphatic rings. The van der Waals surface area contributed by atoms with E-state index in [9.17, 15) is 10.1 Å². The van der Waals surface area contributed by atoms with Gasteiger partial charge < -0.3 is 14.8 Å². The maximum absolute atomic E-state index is 12.2. The summed E-state index contributed by atoms with van der Waals surface area (Å²) in [4.78, 5) is 16.3. The molecule has 6 nitrogen and oxygen atoms in total. The van der Waals surface area contributed by atoms with E-state index < -0.39 is 5.91 Å². The number of ether oxygens (including phenoxy) is 2. The third-order valence-corrected chi connectivity index (χ3v) is 3.40. The van der Waals surface area contributed by atoms with E-state index in [2.05, 4.69) is 10.3 Å². The molecule has 0 spiro atoms. The van der Waals surface area contributed by atoms with Gasteiger partial charge in [-0.25, -0.2) is 0 Å². The Morgan fingerprint density at radius 2 is 2.08 bits per heavy atom. The van der Waals surface area contributed by atoms with Crippen LogP contribution in [-0.4, -0.2) is 24.1 Å². The van der Waals surface area contributed by atoms with Gasteiger partial charge in [0, 0.05) is 6.20 Å². The van der Waals surface area contributed by atoms with E-state index in [1.807, 2.05) is 12.1 Å². The number of benzene rings is 1. The van der Waals surface area contributed by atoms with Gasteiger partial charge >= 0.3 is 0 Å². The summed E-state index contributed by atoms with van der Waals surface area (Å²) in [6.45, 7) is 1.26. The van der Waals surface area contributed by atoms with Crippen LogP contribution in [0.4, 0.5) is 0 Å². The van der Waals surface area contributed by atoms with Gasteiger partial charge in [0.05, 0.1) is 12.2 Å². The molecule has 2 aromatic rings. The Kier molecular flexibility index (Phi) is 4.73. The maximum Gasteiger partial charge on any atom is 0.262 e. The van der Waals surface area contributed by atoms with Crippen LogP contribution in [-0.2, 0) is 11.3 Å². The first kappa shape index (κ1) is 15.6. The Morgan fingerprint density at radius 3 is 2.83 bits per heavy atom. The van der Waals surface area contributed by atoms with Crippen molar-refractivity contribution in [3.8, 4) is 17.6 Å². The SMILES string of the molecule is N#C/C(=C\c1ccc2c(c1)OCCO2)C(=O)NCc1ccccn1.